The number of hydrogen-bond donors (Lipinski definition) is 1. The van der Waals surface area contributed by atoms with Gasteiger partial charge in [-0.3, -0.25) is 4.90 Å². The van der Waals surface area contributed by atoms with Crippen LogP contribution in [-0.4, -0.2) is 46.7 Å². The minimum Gasteiger partial charge on any atom is -0.508 e. The number of pyridine rings is 1. The first-order chi connectivity index (χ1) is 16.1. The third-order valence-electron chi connectivity index (χ3n) is 10.8. The molecule has 1 aromatic carbocycles. The number of anilines is 1. The van der Waals surface area contributed by atoms with E-state index >= 15 is 0 Å². The van der Waals surface area contributed by atoms with Crippen molar-refractivity contribution in [2.75, 3.05) is 24.5 Å². The maximum atomic E-state index is 14.1. The van der Waals surface area contributed by atoms with Crippen LogP contribution in [0.5, 0.6) is 5.75 Å². The maximum Gasteiger partial charge on any atom is 0.131 e. The van der Waals surface area contributed by atoms with Gasteiger partial charge in [0.1, 0.15) is 17.4 Å². The lowest BCUT2D eigenvalue weighted by Crippen LogP contribution is -2.69. The van der Waals surface area contributed by atoms with Crippen molar-refractivity contribution in [3.05, 3.63) is 53.5 Å². The van der Waals surface area contributed by atoms with E-state index < -0.39 is 0 Å². The van der Waals surface area contributed by atoms with E-state index in [0.29, 0.717) is 35.1 Å². The number of benzene rings is 1. The van der Waals surface area contributed by atoms with Gasteiger partial charge in [0, 0.05) is 42.9 Å². The van der Waals surface area contributed by atoms with E-state index in [1.807, 2.05) is 6.07 Å². The number of nitrogens with zero attached hydrogens (tertiary/aromatic N) is 3. The molecule has 0 spiro atoms. The Morgan fingerprint density at radius 3 is 2.88 bits per heavy atom. The molecule has 5 heteroatoms. The van der Waals surface area contributed by atoms with Crippen molar-refractivity contribution in [2.24, 2.45) is 23.2 Å². The monoisotopic (exact) mass is 445 g/mol. The Bertz CT molecular complexity index is 1150. The molecule has 2 saturated heterocycles. The Morgan fingerprint density at radius 1 is 1.12 bits per heavy atom. The zero-order chi connectivity index (χ0) is 21.9. The van der Waals surface area contributed by atoms with E-state index in [4.69, 9.17) is 0 Å². The number of aromatic hydroxyl groups is 1. The van der Waals surface area contributed by atoms with Crippen LogP contribution in [0, 0.1) is 29.0 Å². The molecule has 2 aromatic rings. The van der Waals surface area contributed by atoms with E-state index in [2.05, 4.69) is 26.9 Å². The summed E-state index contributed by atoms with van der Waals surface area (Å²) in [6, 6.07) is 10.4. The average Bonchev–Trinajstić information content (AvgIpc) is 3.49. The normalized spacial score (nSPS) is 40.6. The second kappa shape index (κ2) is 6.29. The van der Waals surface area contributed by atoms with E-state index in [-0.39, 0.29) is 11.2 Å². The van der Waals surface area contributed by atoms with Crippen molar-refractivity contribution in [2.45, 2.75) is 62.4 Å². The van der Waals surface area contributed by atoms with Gasteiger partial charge in [-0.2, -0.15) is 0 Å². The quantitative estimate of drug-likeness (QED) is 0.755. The summed E-state index contributed by atoms with van der Waals surface area (Å²) in [4.78, 5) is 9.92. The first-order valence-electron chi connectivity index (χ1n) is 13.0. The molecule has 6 aliphatic rings. The average molecular weight is 446 g/mol. The molecular formula is C28H32FN3O. The molecule has 6 atom stereocenters. The van der Waals surface area contributed by atoms with Crippen molar-refractivity contribution in [3.8, 4) is 5.75 Å². The Labute approximate surface area is 194 Å². The van der Waals surface area contributed by atoms with Gasteiger partial charge in [-0.1, -0.05) is 6.07 Å². The van der Waals surface area contributed by atoms with E-state index in [0.717, 1.165) is 24.7 Å². The predicted molar refractivity (Wildman–Crippen MR) is 125 cm³/mol. The predicted octanol–water partition coefficient (Wildman–Crippen LogP) is 4.51. The SMILES string of the molecule is Oc1ccc2c(c1)C13CCN(CC4CC4)C(C2)C12CCC1C3[C@@H](CN1c1cc(F)ccn1)C2. The smallest absolute Gasteiger partial charge is 0.131 e. The van der Waals surface area contributed by atoms with Crippen LogP contribution in [0.2, 0.25) is 0 Å². The van der Waals surface area contributed by atoms with Crippen molar-refractivity contribution in [1.82, 2.24) is 9.88 Å². The van der Waals surface area contributed by atoms with Crippen molar-refractivity contribution < 1.29 is 9.50 Å². The lowest BCUT2D eigenvalue weighted by Gasteiger charge is -2.66. The Balaban J connectivity index is 1.28. The van der Waals surface area contributed by atoms with Crippen molar-refractivity contribution in [3.63, 3.8) is 0 Å². The largest absolute Gasteiger partial charge is 0.508 e. The van der Waals surface area contributed by atoms with Gasteiger partial charge in [-0.25, -0.2) is 9.37 Å². The van der Waals surface area contributed by atoms with Gasteiger partial charge in [0.25, 0.3) is 0 Å². The molecule has 4 nitrogen and oxygen atoms in total. The number of phenolic OH excluding ortho intramolecular Hbond substituents is 1. The molecule has 0 amide bonds. The van der Waals surface area contributed by atoms with Gasteiger partial charge < -0.3 is 10.0 Å². The highest BCUT2D eigenvalue weighted by molar-refractivity contribution is 5.54. The highest BCUT2D eigenvalue weighted by Crippen LogP contribution is 2.75. The number of rotatable bonds is 3. The molecule has 8 rings (SSSR count). The molecule has 2 aliphatic heterocycles. The molecule has 5 fully saturated rings. The van der Waals surface area contributed by atoms with Crippen molar-refractivity contribution >= 4 is 5.82 Å². The summed E-state index contributed by atoms with van der Waals surface area (Å²) in [5.74, 6) is 3.15. The van der Waals surface area contributed by atoms with Crippen LogP contribution in [-0.2, 0) is 11.8 Å². The summed E-state index contributed by atoms with van der Waals surface area (Å²) in [6.45, 7) is 3.47. The lowest BCUT2D eigenvalue weighted by molar-refractivity contribution is -0.0921. The summed E-state index contributed by atoms with van der Waals surface area (Å²) < 4.78 is 14.1. The van der Waals surface area contributed by atoms with Crippen LogP contribution < -0.4 is 4.90 Å². The number of fused-ring (bicyclic) bond motifs is 1. The number of phenols is 1. The first-order valence-corrected chi connectivity index (χ1v) is 13.0. The molecule has 4 bridgehead atoms. The number of hydrogen-bond acceptors (Lipinski definition) is 4. The van der Waals surface area contributed by atoms with E-state index in [1.165, 1.54) is 68.8 Å². The lowest BCUT2D eigenvalue weighted by atomic mass is 9.43. The first kappa shape index (κ1) is 19.2. The Morgan fingerprint density at radius 2 is 2.03 bits per heavy atom. The molecule has 33 heavy (non-hydrogen) atoms. The number of halogens is 1. The molecule has 3 saturated carbocycles. The number of piperidine rings is 1. The van der Waals surface area contributed by atoms with Crippen LogP contribution in [0.25, 0.3) is 0 Å². The standard InChI is InChI=1S/C28H32FN3O/c29-20-6-9-30-25(12-20)32-16-19-14-27-7-5-23(32)26(19)28(27)8-10-31(15-17-1-2-17)24(27)11-18-3-4-21(33)13-22(18)28/h3-4,6,9,12-13,17,19,23-24,26,33H,1-2,5,7-8,10-11,14-16H2/t19-,23?,24?,26?,27?,28?/m1/s1. The third kappa shape index (κ3) is 2.32. The molecular weight excluding hydrogens is 413 g/mol. The van der Waals surface area contributed by atoms with Crippen LogP contribution in [0.15, 0.2) is 36.5 Å². The molecule has 0 radical (unpaired) electrons. The maximum absolute atomic E-state index is 14.1. The fourth-order valence-electron chi connectivity index (χ4n) is 9.76. The van der Waals surface area contributed by atoms with Gasteiger partial charge >= 0.3 is 0 Å². The van der Waals surface area contributed by atoms with Crippen LogP contribution in [0.3, 0.4) is 0 Å². The van der Waals surface area contributed by atoms with E-state index in [9.17, 15) is 9.50 Å². The van der Waals surface area contributed by atoms with Gasteiger partial charge in [0.2, 0.25) is 0 Å². The van der Waals surface area contributed by atoms with E-state index in [1.54, 1.807) is 12.3 Å². The van der Waals surface area contributed by atoms with Gasteiger partial charge in [0.05, 0.1) is 0 Å². The van der Waals surface area contributed by atoms with Gasteiger partial charge in [-0.05, 0) is 104 Å². The second-order valence-electron chi connectivity index (χ2n) is 12.0. The molecule has 4 aliphatic carbocycles. The third-order valence-corrected chi connectivity index (χ3v) is 10.8. The molecule has 5 unspecified atom stereocenters. The van der Waals surface area contributed by atoms with Gasteiger partial charge in [0.15, 0.2) is 0 Å². The van der Waals surface area contributed by atoms with Crippen LogP contribution in [0.4, 0.5) is 10.2 Å². The summed E-state index contributed by atoms with van der Waals surface area (Å²) >= 11 is 0. The summed E-state index contributed by atoms with van der Waals surface area (Å²) in [7, 11) is 0. The summed E-state index contributed by atoms with van der Waals surface area (Å²) in [5, 5.41) is 10.6. The minimum atomic E-state index is -0.193. The van der Waals surface area contributed by atoms with Crippen molar-refractivity contribution in [1.29, 1.82) is 0 Å². The zero-order valence-corrected chi connectivity index (χ0v) is 19.1. The number of aromatic nitrogens is 1. The molecule has 1 aromatic heterocycles. The molecule has 172 valence electrons. The van der Waals surface area contributed by atoms with Crippen LogP contribution in [0.1, 0.15) is 49.7 Å². The highest BCUT2D eigenvalue weighted by atomic mass is 19.1. The number of likely N-dealkylation sites (tertiary alicyclic amines) is 1. The summed E-state index contributed by atoms with van der Waals surface area (Å²) in [6.07, 6.45) is 10.5. The minimum absolute atomic E-state index is 0.139. The highest BCUT2D eigenvalue weighted by Gasteiger charge is 2.76. The second-order valence-corrected chi connectivity index (χ2v) is 12.0. The zero-order valence-electron chi connectivity index (χ0n) is 19.1. The molecule has 1 N–H and O–H groups in total. The Hall–Kier alpha value is -2.14. The fourth-order valence-corrected chi connectivity index (χ4v) is 9.76. The van der Waals surface area contributed by atoms with Gasteiger partial charge in [-0.15, -0.1) is 0 Å². The molecule has 3 heterocycles. The fraction of sp³-hybridized carbons (Fsp3) is 0.607. The van der Waals surface area contributed by atoms with Crippen LogP contribution >= 0.6 is 0 Å². The summed E-state index contributed by atoms with van der Waals surface area (Å²) in [5.41, 5.74) is 3.39. The topological polar surface area (TPSA) is 39.6 Å². The Kier molecular flexibility index (Phi) is 3.66.